The van der Waals surface area contributed by atoms with Crippen LogP contribution in [0.1, 0.15) is 49.5 Å². The molecule has 2 aromatic carbocycles. The number of nitrogens with one attached hydrogen (secondary N) is 2. The molecule has 3 N–H and O–H groups in total. The highest BCUT2D eigenvalue weighted by Crippen LogP contribution is 2.43. The second-order valence-corrected chi connectivity index (χ2v) is 14.1. The number of anilines is 2. The average Bonchev–Trinajstić information content (AvgIpc) is 2.84. The van der Waals surface area contributed by atoms with Gasteiger partial charge in [-0.3, -0.25) is 14.3 Å². The number of β-amino-alcohol motifs (C(OH)–C–C–N with tert-alkyl or cyclic N) is 1. The Balaban J connectivity index is 1.49. The van der Waals surface area contributed by atoms with E-state index in [9.17, 15) is 31.5 Å². The van der Waals surface area contributed by atoms with Gasteiger partial charge in [0.05, 0.1) is 22.9 Å². The summed E-state index contributed by atoms with van der Waals surface area (Å²) in [6.45, 7) is 5.76. The molecule has 13 heteroatoms. The lowest BCUT2D eigenvalue weighted by Crippen LogP contribution is -2.55. The number of hydrogen-bond acceptors (Lipinski definition) is 8. The molecule has 1 fully saturated rings. The molecule has 2 unspecified atom stereocenters. The van der Waals surface area contributed by atoms with E-state index in [0.717, 1.165) is 16.8 Å². The van der Waals surface area contributed by atoms with Crippen LogP contribution in [0.25, 0.3) is 0 Å². The van der Waals surface area contributed by atoms with Gasteiger partial charge < -0.3 is 10.4 Å². The van der Waals surface area contributed by atoms with Gasteiger partial charge in [0.2, 0.25) is 0 Å². The van der Waals surface area contributed by atoms with E-state index in [2.05, 4.69) is 14.4 Å². The number of amidine groups is 1. The summed E-state index contributed by atoms with van der Waals surface area (Å²) in [6, 6.07) is 10.7. The third kappa shape index (κ3) is 4.77. The van der Waals surface area contributed by atoms with E-state index in [4.69, 9.17) is 0 Å². The lowest BCUT2D eigenvalue weighted by molar-refractivity contribution is -0.125. The fourth-order valence-electron chi connectivity index (χ4n) is 5.18. The lowest BCUT2D eigenvalue weighted by Gasteiger charge is -2.39. The first kappa shape index (κ1) is 27.4. The number of nitrogens with zero attached hydrogens (tertiary/aromatic N) is 2. The normalized spacial score (nSPS) is 24.8. The molecule has 1 aliphatic carbocycles. The Kier molecular flexibility index (Phi) is 6.69. The van der Waals surface area contributed by atoms with Crippen molar-refractivity contribution in [2.24, 2.45) is 16.2 Å². The first-order valence-electron chi connectivity index (χ1n) is 12.6. The molecule has 0 amide bonds. The molecule has 208 valence electrons. The standard InChI is InChI=1S/C26H30N4O7S2/c1-15(2)10-11-26(3)19-7-5-4-6-18(19)23(32)22(24(26)33)25-27-20-9-8-16(12-21(20)38(34,35)29-25)28-39(36,37)30-13-17(31)14-30/h4-9,12,15,17,22,28,31H,10-11,13-14H2,1-3H3,(H,27,29). The van der Waals surface area contributed by atoms with Crippen LogP contribution < -0.4 is 10.0 Å². The Labute approximate surface area is 227 Å². The number of aliphatic hydroxyl groups excluding tert-OH is 1. The van der Waals surface area contributed by atoms with Crippen molar-refractivity contribution in [1.82, 2.24) is 4.31 Å². The monoisotopic (exact) mass is 574 g/mol. The molecule has 11 nitrogen and oxygen atoms in total. The van der Waals surface area contributed by atoms with Crippen LogP contribution in [0.5, 0.6) is 0 Å². The maximum Gasteiger partial charge on any atom is 0.301 e. The van der Waals surface area contributed by atoms with Crippen LogP contribution in [0.3, 0.4) is 0 Å². The maximum absolute atomic E-state index is 14.0. The van der Waals surface area contributed by atoms with Crippen LogP contribution in [0, 0.1) is 11.8 Å². The van der Waals surface area contributed by atoms with Crippen LogP contribution in [-0.4, -0.2) is 62.8 Å². The van der Waals surface area contributed by atoms with Crippen molar-refractivity contribution in [2.45, 2.75) is 50.0 Å². The Bertz CT molecular complexity index is 1610. The Morgan fingerprint density at radius 2 is 1.87 bits per heavy atom. The molecule has 1 saturated heterocycles. The van der Waals surface area contributed by atoms with Gasteiger partial charge in [0, 0.05) is 18.7 Å². The van der Waals surface area contributed by atoms with Crippen molar-refractivity contribution in [3.63, 3.8) is 0 Å². The number of fused-ring (bicyclic) bond motifs is 2. The molecule has 3 aliphatic rings. The molecule has 0 radical (unpaired) electrons. The van der Waals surface area contributed by atoms with Crippen molar-refractivity contribution in [3.05, 3.63) is 53.6 Å². The summed E-state index contributed by atoms with van der Waals surface area (Å²) < 4.78 is 58.6. The number of carbonyl (C=O) groups is 2. The minimum absolute atomic E-state index is 0.0147. The summed E-state index contributed by atoms with van der Waals surface area (Å²) in [5.41, 5.74) is 0.0373. The van der Waals surface area contributed by atoms with Crippen LogP contribution in [0.4, 0.5) is 11.4 Å². The largest absolute Gasteiger partial charge is 0.390 e. The number of Topliss-reactive ketones (excluding diaryl/α,β-unsaturated/α-hetero) is 2. The van der Waals surface area contributed by atoms with Crippen LogP contribution >= 0.6 is 0 Å². The zero-order valence-electron chi connectivity index (χ0n) is 21.7. The van der Waals surface area contributed by atoms with E-state index in [1.807, 2.05) is 13.8 Å². The van der Waals surface area contributed by atoms with E-state index in [-0.39, 0.29) is 35.2 Å². The summed E-state index contributed by atoms with van der Waals surface area (Å²) in [4.78, 5) is 27.2. The quantitative estimate of drug-likeness (QED) is 0.424. The van der Waals surface area contributed by atoms with Gasteiger partial charge in [-0.25, -0.2) is 0 Å². The summed E-state index contributed by atoms with van der Waals surface area (Å²) >= 11 is 0. The highest BCUT2D eigenvalue weighted by molar-refractivity contribution is 7.91. The minimum Gasteiger partial charge on any atom is -0.390 e. The maximum atomic E-state index is 14.0. The summed E-state index contributed by atoms with van der Waals surface area (Å²) in [6.07, 6.45) is 0.471. The van der Waals surface area contributed by atoms with Crippen LogP contribution in [0.15, 0.2) is 51.8 Å². The SMILES string of the molecule is CC(C)CCC1(C)C(=O)C(C2=NS(=O)(=O)c3cc(NS(=O)(=O)N4CC(O)C4)ccc3N2)C(=O)c2ccccc21. The zero-order chi connectivity index (χ0) is 28.3. The van der Waals surface area contributed by atoms with Gasteiger partial charge in [0.15, 0.2) is 11.6 Å². The Hall–Kier alpha value is -3.13. The highest BCUT2D eigenvalue weighted by atomic mass is 32.2. The number of sulfonamides is 1. The first-order chi connectivity index (χ1) is 18.2. The van der Waals surface area contributed by atoms with Gasteiger partial charge in [-0.05, 0) is 49.4 Å². The number of rotatable bonds is 7. The molecule has 2 aliphatic heterocycles. The lowest BCUT2D eigenvalue weighted by atomic mass is 9.63. The Morgan fingerprint density at radius 1 is 1.18 bits per heavy atom. The molecule has 0 spiro atoms. The minimum atomic E-state index is -4.39. The van der Waals surface area contributed by atoms with Crippen molar-refractivity contribution in [2.75, 3.05) is 23.1 Å². The molecule has 0 aromatic heterocycles. The predicted octanol–water partition coefficient (Wildman–Crippen LogP) is 2.31. The number of aliphatic hydroxyl groups is 1. The summed E-state index contributed by atoms with van der Waals surface area (Å²) in [7, 11) is -8.38. The van der Waals surface area contributed by atoms with Crippen molar-refractivity contribution in [1.29, 1.82) is 0 Å². The van der Waals surface area contributed by atoms with E-state index >= 15 is 0 Å². The highest BCUT2D eigenvalue weighted by Gasteiger charge is 2.51. The van der Waals surface area contributed by atoms with Crippen LogP contribution in [0.2, 0.25) is 0 Å². The van der Waals surface area contributed by atoms with Gasteiger partial charge in [0.1, 0.15) is 16.6 Å². The Morgan fingerprint density at radius 3 is 2.54 bits per heavy atom. The molecule has 0 saturated carbocycles. The molecule has 2 heterocycles. The van der Waals surface area contributed by atoms with Crippen molar-refractivity contribution in [3.8, 4) is 0 Å². The van der Waals surface area contributed by atoms with E-state index in [1.54, 1.807) is 31.2 Å². The van der Waals surface area contributed by atoms with Gasteiger partial charge in [-0.1, -0.05) is 38.1 Å². The van der Waals surface area contributed by atoms with Gasteiger partial charge in [0.25, 0.3) is 10.0 Å². The fraction of sp³-hybridized carbons (Fsp3) is 0.423. The molecule has 0 bridgehead atoms. The van der Waals surface area contributed by atoms with Crippen LogP contribution in [-0.2, 0) is 30.4 Å². The topological polar surface area (TPSA) is 162 Å². The summed E-state index contributed by atoms with van der Waals surface area (Å²) in [5, 5.41) is 12.3. The zero-order valence-corrected chi connectivity index (χ0v) is 23.3. The predicted molar refractivity (Wildman–Crippen MR) is 146 cm³/mol. The number of benzene rings is 2. The molecule has 2 aromatic rings. The van der Waals surface area contributed by atoms with Gasteiger partial charge >= 0.3 is 10.2 Å². The molecule has 39 heavy (non-hydrogen) atoms. The second kappa shape index (κ2) is 9.51. The molecule has 5 rings (SSSR count). The third-order valence-electron chi connectivity index (χ3n) is 7.51. The summed E-state index contributed by atoms with van der Waals surface area (Å²) in [5.74, 6) is -2.34. The van der Waals surface area contributed by atoms with E-state index in [1.165, 1.54) is 12.1 Å². The van der Waals surface area contributed by atoms with E-state index in [0.29, 0.717) is 23.5 Å². The smallest absolute Gasteiger partial charge is 0.301 e. The van der Waals surface area contributed by atoms with Gasteiger partial charge in [-0.15, -0.1) is 4.40 Å². The molecular weight excluding hydrogens is 544 g/mol. The second-order valence-electron chi connectivity index (χ2n) is 10.8. The first-order valence-corrected chi connectivity index (χ1v) is 15.5. The third-order valence-corrected chi connectivity index (χ3v) is 10.3. The number of hydrogen-bond donors (Lipinski definition) is 3. The molecular formula is C26H30N4O7S2. The molecule has 2 atom stereocenters. The van der Waals surface area contributed by atoms with Crippen molar-refractivity contribution < 1.29 is 31.5 Å². The van der Waals surface area contributed by atoms with Gasteiger partial charge in [-0.2, -0.15) is 21.1 Å². The number of ketones is 2. The average molecular weight is 575 g/mol. The van der Waals surface area contributed by atoms with E-state index < -0.39 is 49.2 Å². The fourth-order valence-corrected chi connectivity index (χ4v) is 7.65. The number of carbonyl (C=O) groups excluding carboxylic acids is 2. The van der Waals surface area contributed by atoms with Crippen molar-refractivity contribution >= 4 is 49.0 Å².